The molecule has 24 heavy (non-hydrogen) atoms. The summed E-state index contributed by atoms with van der Waals surface area (Å²) in [6.07, 6.45) is 7.95. The van der Waals surface area contributed by atoms with Crippen LogP contribution in [0.2, 0.25) is 0 Å². The predicted octanol–water partition coefficient (Wildman–Crippen LogP) is 3.33. The highest BCUT2D eigenvalue weighted by atomic mass is 32.2. The first-order valence-corrected chi connectivity index (χ1v) is 9.69. The van der Waals surface area contributed by atoms with Gasteiger partial charge in [0.15, 0.2) is 0 Å². The minimum Gasteiger partial charge on any atom is -0.340 e. The van der Waals surface area contributed by atoms with Gasteiger partial charge in [0.25, 0.3) is 0 Å². The molecule has 0 saturated carbocycles. The largest absolute Gasteiger partial charge is 0.340 e. The number of likely N-dealkylation sites (tertiary alicyclic amines) is 1. The second kappa shape index (κ2) is 6.63. The minimum absolute atomic E-state index is 0.0505. The summed E-state index contributed by atoms with van der Waals surface area (Å²) >= 11 is 1.73. The van der Waals surface area contributed by atoms with Crippen LogP contribution in [0, 0.1) is 0 Å². The zero-order valence-electron chi connectivity index (χ0n) is 14.0. The Morgan fingerprint density at radius 3 is 3.08 bits per heavy atom. The summed E-state index contributed by atoms with van der Waals surface area (Å²) in [7, 11) is 0. The van der Waals surface area contributed by atoms with Crippen LogP contribution in [0.5, 0.6) is 0 Å². The van der Waals surface area contributed by atoms with Crippen LogP contribution < -0.4 is 0 Å². The predicted molar refractivity (Wildman–Crippen MR) is 96.2 cm³/mol. The first kappa shape index (κ1) is 15.8. The number of carbonyl (C=O) groups is 1. The Kier molecular flexibility index (Phi) is 4.35. The number of hydrogen-bond donors (Lipinski definition) is 0. The van der Waals surface area contributed by atoms with E-state index in [1.807, 2.05) is 6.20 Å². The zero-order valence-corrected chi connectivity index (χ0v) is 14.8. The quantitative estimate of drug-likeness (QED) is 0.859. The van der Waals surface area contributed by atoms with Gasteiger partial charge in [0, 0.05) is 36.8 Å². The number of nitrogens with zero attached hydrogens (tertiary/aromatic N) is 3. The molecule has 0 unspecified atom stereocenters. The molecular weight excluding hydrogens is 318 g/mol. The normalized spacial score (nSPS) is 23.3. The van der Waals surface area contributed by atoms with Gasteiger partial charge < -0.3 is 9.47 Å². The fraction of sp³-hybridized carbons (Fsp3) is 0.474. The van der Waals surface area contributed by atoms with Gasteiger partial charge in [-0.05, 0) is 30.9 Å². The van der Waals surface area contributed by atoms with E-state index in [2.05, 4.69) is 51.8 Å². The molecule has 2 aliphatic heterocycles. The SMILES string of the molecule is CCc1nccn1[C@@H]1CCCN(C(=O)[C@@H]2Cc3ccccc3S2)C1. The molecule has 1 fully saturated rings. The van der Waals surface area contributed by atoms with Crippen molar-refractivity contribution in [3.63, 3.8) is 0 Å². The van der Waals surface area contributed by atoms with Crippen LogP contribution in [0.4, 0.5) is 0 Å². The highest BCUT2D eigenvalue weighted by Crippen LogP contribution is 2.38. The number of imidazole rings is 1. The number of aromatic nitrogens is 2. The third kappa shape index (κ3) is 2.86. The van der Waals surface area contributed by atoms with E-state index in [0.29, 0.717) is 11.9 Å². The molecular formula is C19H23N3OS. The molecule has 0 spiro atoms. The average Bonchev–Trinajstić information content (AvgIpc) is 3.27. The molecule has 126 valence electrons. The van der Waals surface area contributed by atoms with Gasteiger partial charge in [0.05, 0.1) is 11.3 Å². The summed E-state index contributed by atoms with van der Waals surface area (Å²) in [4.78, 5) is 20.8. The Balaban J connectivity index is 1.46. The first-order valence-electron chi connectivity index (χ1n) is 8.81. The Labute approximate surface area is 147 Å². The lowest BCUT2D eigenvalue weighted by atomic mass is 10.0. The van der Waals surface area contributed by atoms with E-state index >= 15 is 0 Å². The fourth-order valence-electron chi connectivity index (χ4n) is 3.86. The lowest BCUT2D eigenvalue weighted by Gasteiger charge is -2.35. The summed E-state index contributed by atoms with van der Waals surface area (Å²) < 4.78 is 2.27. The van der Waals surface area contributed by atoms with Crippen LogP contribution >= 0.6 is 11.8 Å². The maximum atomic E-state index is 13.0. The van der Waals surface area contributed by atoms with Gasteiger partial charge in [0.2, 0.25) is 5.91 Å². The maximum absolute atomic E-state index is 13.0. The molecule has 2 aliphatic rings. The van der Waals surface area contributed by atoms with Crippen molar-refractivity contribution in [2.24, 2.45) is 0 Å². The second-order valence-electron chi connectivity index (χ2n) is 6.60. The van der Waals surface area contributed by atoms with Crippen LogP contribution in [0.1, 0.15) is 37.2 Å². The molecule has 4 nitrogen and oxygen atoms in total. The summed E-state index contributed by atoms with van der Waals surface area (Å²) in [5, 5.41) is 0.0505. The van der Waals surface area contributed by atoms with Crippen molar-refractivity contribution in [2.75, 3.05) is 13.1 Å². The molecule has 3 heterocycles. The number of aryl methyl sites for hydroxylation is 1. The van der Waals surface area contributed by atoms with E-state index in [1.165, 1.54) is 10.5 Å². The van der Waals surface area contributed by atoms with Crippen LogP contribution in [0.3, 0.4) is 0 Å². The Morgan fingerprint density at radius 1 is 1.38 bits per heavy atom. The van der Waals surface area contributed by atoms with Crippen LogP contribution in [-0.4, -0.2) is 38.7 Å². The lowest BCUT2D eigenvalue weighted by molar-refractivity contribution is -0.132. The Bertz CT molecular complexity index is 717. The van der Waals surface area contributed by atoms with Crippen LogP contribution in [0.25, 0.3) is 0 Å². The van der Waals surface area contributed by atoms with Crippen molar-refractivity contribution in [2.45, 2.75) is 48.8 Å². The van der Waals surface area contributed by atoms with Gasteiger partial charge >= 0.3 is 0 Å². The molecule has 2 aromatic rings. The van der Waals surface area contributed by atoms with E-state index in [-0.39, 0.29) is 5.25 Å². The number of amides is 1. The summed E-state index contributed by atoms with van der Waals surface area (Å²) in [5.74, 6) is 1.43. The molecule has 1 amide bonds. The van der Waals surface area contributed by atoms with Crippen molar-refractivity contribution in [1.29, 1.82) is 0 Å². The number of thioether (sulfide) groups is 1. The number of benzene rings is 1. The van der Waals surface area contributed by atoms with Gasteiger partial charge in [0.1, 0.15) is 5.82 Å². The number of piperidine rings is 1. The first-order chi connectivity index (χ1) is 11.8. The summed E-state index contributed by atoms with van der Waals surface area (Å²) in [5.41, 5.74) is 1.32. The second-order valence-corrected chi connectivity index (χ2v) is 7.85. The van der Waals surface area contributed by atoms with E-state index in [1.54, 1.807) is 11.8 Å². The molecule has 2 atom stereocenters. The molecule has 0 bridgehead atoms. The molecule has 4 rings (SSSR count). The third-order valence-electron chi connectivity index (χ3n) is 5.09. The van der Waals surface area contributed by atoms with Crippen molar-refractivity contribution < 1.29 is 4.79 Å². The highest BCUT2D eigenvalue weighted by Gasteiger charge is 2.34. The number of carbonyl (C=O) groups excluding carboxylic acids is 1. The molecule has 0 N–H and O–H groups in total. The topological polar surface area (TPSA) is 38.1 Å². The van der Waals surface area contributed by atoms with Crippen molar-refractivity contribution in [3.8, 4) is 0 Å². The van der Waals surface area contributed by atoms with E-state index in [9.17, 15) is 4.79 Å². The molecule has 0 radical (unpaired) electrons. The van der Waals surface area contributed by atoms with Crippen molar-refractivity contribution in [1.82, 2.24) is 14.5 Å². The van der Waals surface area contributed by atoms with Crippen LogP contribution in [-0.2, 0) is 17.6 Å². The highest BCUT2D eigenvalue weighted by molar-refractivity contribution is 8.01. The summed E-state index contributed by atoms with van der Waals surface area (Å²) in [6.45, 7) is 3.84. The monoisotopic (exact) mass is 341 g/mol. The lowest BCUT2D eigenvalue weighted by Crippen LogP contribution is -2.44. The summed E-state index contributed by atoms with van der Waals surface area (Å²) in [6, 6.07) is 8.77. The average molecular weight is 341 g/mol. The molecule has 0 aliphatic carbocycles. The van der Waals surface area contributed by atoms with E-state index in [4.69, 9.17) is 0 Å². The standard InChI is InChI=1S/C19H23N3OS/c1-2-18-20-9-11-22(18)15-7-5-10-21(13-15)19(23)17-12-14-6-3-4-8-16(14)24-17/h3-4,6,8-9,11,15,17H,2,5,7,10,12-13H2,1H3/t15-,17+/m1/s1. The fourth-order valence-corrected chi connectivity index (χ4v) is 5.13. The van der Waals surface area contributed by atoms with Gasteiger partial charge in [-0.25, -0.2) is 4.98 Å². The molecule has 1 aromatic heterocycles. The number of hydrogen-bond acceptors (Lipinski definition) is 3. The smallest absolute Gasteiger partial charge is 0.236 e. The van der Waals surface area contributed by atoms with Crippen molar-refractivity contribution >= 4 is 17.7 Å². The van der Waals surface area contributed by atoms with E-state index in [0.717, 1.165) is 44.6 Å². The molecule has 1 saturated heterocycles. The third-order valence-corrected chi connectivity index (χ3v) is 6.39. The molecule has 5 heteroatoms. The van der Waals surface area contributed by atoms with Crippen molar-refractivity contribution in [3.05, 3.63) is 48.0 Å². The van der Waals surface area contributed by atoms with Gasteiger partial charge in [-0.2, -0.15) is 0 Å². The molecule has 1 aromatic carbocycles. The van der Waals surface area contributed by atoms with Crippen LogP contribution in [0.15, 0.2) is 41.6 Å². The number of fused-ring (bicyclic) bond motifs is 1. The van der Waals surface area contributed by atoms with Gasteiger partial charge in [-0.1, -0.05) is 25.1 Å². The minimum atomic E-state index is 0.0505. The zero-order chi connectivity index (χ0) is 16.5. The van der Waals surface area contributed by atoms with E-state index < -0.39 is 0 Å². The van der Waals surface area contributed by atoms with Gasteiger partial charge in [-0.3, -0.25) is 4.79 Å². The Morgan fingerprint density at radius 2 is 2.25 bits per heavy atom. The van der Waals surface area contributed by atoms with Gasteiger partial charge in [-0.15, -0.1) is 11.8 Å². The Hall–Kier alpha value is -1.75. The number of rotatable bonds is 3. The maximum Gasteiger partial charge on any atom is 0.236 e.